The van der Waals surface area contributed by atoms with Gasteiger partial charge in [0.15, 0.2) is 24.1 Å². The highest BCUT2D eigenvalue weighted by Crippen LogP contribution is 2.29. The van der Waals surface area contributed by atoms with Gasteiger partial charge >= 0.3 is 6.18 Å². The van der Waals surface area contributed by atoms with Gasteiger partial charge in [-0.15, -0.1) is 0 Å². The average Bonchev–Trinajstić information content (AvgIpc) is 3.13. The Morgan fingerprint density at radius 3 is 2.42 bits per heavy atom. The number of alkyl halides is 3. The second-order valence-corrected chi connectivity index (χ2v) is 6.08. The van der Waals surface area contributed by atoms with Crippen molar-refractivity contribution in [2.75, 3.05) is 20.8 Å². The van der Waals surface area contributed by atoms with Gasteiger partial charge in [-0.25, -0.2) is 0 Å². The SMILES string of the molecule is CN=C(NCc1ccsc1)NCc1ccc(OCC(F)(F)F)c(OC)c1. The van der Waals surface area contributed by atoms with Gasteiger partial charge in [0, 0.05) is 20.1 Å². The lowest BCUT2D eigenvalue weighted by Crippen LogP contribution is -2.36. The molecule has 0 amide bonds. The van der Waals surface area contributed by atoms with Gasteiger partial charge in [0.2, 0.25) is 0 Å². The zero-order valence-electron chi connectivity index (χ0n) is 14.4. The normalized spacial score (nSPS) is 12.0. The molecular weight excluding hydrogens is 367 g/mol. The summed E-state index contributed by atoms with van der Waals surface area (Å²) in [6.45, 7) is -0.282. The maximum absolute atomic E-state index is 12.3. The minimum Gasteiger partial charge on any atom is -0.493 e. The van der Waals surface area contributed by atoms with Crippen molar-refractivity contribution >= 4 is 17.3 Å². The van der Waals surface area contributed by atoms with Gasteiger partial charge in [-0.1, -0.05) is 6.07 Å². The summed E-state index contributed by atoms with van der Waals surface area (Å²) in [5.41, 5.74) is 1.98. The average molecular weight is 387 g/mol. The number of nitrogens with one attached hydrogen (secondary N) is 2. The van der Waals surface area contributed by atoms with E-state index < -0.39 is 12.8 Å². The minimum atomic E-state index is -4.40. The molecule has 0 bridgehead atoms. The molecule has 1 heterocycles. The first-order valence-corrected chi connectivity index (χ1v) is 8.67. The Bertz CT molecular complexity index is 719. The van der Waals surface area contributed by atoms with Gasteiger partial charge in [-0.3, -0.25) is 4.99 Å². The van der Waals surface area contributed by atoms with Crippen LogP contribution in [0.1, 0.15) is 11.1 Å². The number of guanidine groups is 1. The van der Waals surface area contributed by atoms with Crippen LogP contribution in [-0.4, -0.2) is 32.9 Å². The molecule has 0 aliphatic rings. The third-order valence-corrected chi connectivity index (χ3v) is 4.08. The second-order valence-electron chi connectivity index (χ2n) is 5.30. The van der Waals surface area contributed by atoms with Crippen LogP contribution in [0.25, 0.3) is 0 Å². The van der Waals surface area contributed by atoms with Crippen molar-refractivity contribution < 1.29 is 22.6 Å². The van der Waals surface area contributed by atoms with Crippen LogP contribution < -0.4 is 20.1 Å². The molecule has 1 aromatic carbocycles. The minimum absolute atomic E-state index is 0.0496. The van der Waals surface area contributed by atoms with E-state index >= 15 is 0 Å². The molecule has 26 heavy (non-hydrogen) atoms. The zero-order valence-corrected chi connectivity index (χ0v) is 15.2. The number of methoxy groups -OCH3 is 1. The van der Waals surface area contributed by atoms with E-state index in [1.54, 1.807) is 30.5 Å². The maximum atomic E-state index is 12.3. The van der Waals surface area contributed by atoms with Crippen molar-refractivity contribution in [3.05, 3.63) is 46.2 Å². The molecule has 0 atom stereocenters. The van der Waals surface area contributed by atoms with E-state index in [0.717, 1.165) is 11.1 Å². The number of nitrogens with zero attached hydrogens (tertiary/aromatic N) is 1. The Morgan fingerprint density at radius 2 is 1.85 bits per heavy atom. The van der Waals surface area contributed by atoms with Crippen LogP contribution >= 0.6 is 11.3 Å². The number of aliphatic imine (C=N–C) groups is 1. The lowest BCUT2D eigenvalue weighted by Gasteiger charge is -2.15. The maximum Gasteiger partial charge on any atom is 0.422 e. The lowest BCUT2D eigenvalue weighted by atomic mass is 10.2. The second kappa shape index (κ2) is 9.33. The Kier molecular flexibility index (Phi) is 7.14. The molecule has 0 radical (unpaired) electrons. The number of halogens is 3. The first-order valence-electron chi connectivity index (χ1n) is 7.73. The number of rotatable bonds is 7. The van der Waals surface area contributed by atoms with E-state index in [1.807, 2.05) is 16.8 Å². The highest BCUT2D eigenvalue weighted by Gasteiger charge is 2.29. The molecule has 2 rings (SSSR count). The molecular formula is C17H20F3N3O2S. The van der Waals surface area contributed by atoms with E-state index in [1.165, 1.54) is 13.2 Å². The summed E-state index contributed by atoms with van der Waals surface area (Å²) in [5, 5.41) is 10.4. The van der Waals surface area contributed by atoms with Crippen LogP contribution in [0, 0.1) is 0 Å². The molecule has 9 heteroatoms. The van der Waals surface area contributed by atoms with Crippen LogP contribution in [0.3, 0.4) is 0 Å². The van der Waals surface area contributed by atoms with Gasteiger partial charge < -0.3 is 20.1 Å². The van der Waals surface area contributed by atoms with Gasteiger partial charge in [0.05, 0.1) is 7.11 Å². The highest BCUT2D eigenvalue weighted by molar-refractivity contribution is 7.07. The molecule has 0 aliphatic carbocycles. The topological polar surface area (TPSA) is 54.9 Å². The Balaban J connectivity index is 1.91. The summed E-state index contributed by atoms with van der Waals surface area (Å²) < 4.78 is 46.7. The van der Waals surface area contributed by atoms with E-state index in [2.05, 4.69) is 15.6 Å². The predicted molar refractivity (Wildman–Crippen MR) is 95.9 cm³/mol. The summed E-state index contributed by atoms with van der Waals surface area (Å²) in [6.07, 6.45) is -4.40. The fourth-order valence-corrected chi connectivity index (χ4v) is 2.75. The van der Waals surface area contributed by atoms with Crippen molar-refractivity contribution in [1.29, 1.82) is 0 Å². The standard InChI is InChI=1S/C17H20F3N3O2S/c1-21-16(23-9-13-5-6-26-10-13)22-8-12-3-4-14(15(7-12)24-2)25-11-17(18,19)20/h3-7,10H,8-9,11H2,1-2H3,(H2,21,22,23). The van der Waals surface area contributed by atoms with Crippen molar-refractivity contribution in [1.82, 2.24) is 10.6 Å². The molecule has 0 fully saturated rings. The van der Waals surface area contributed by atoms with Crippen LogP contribution in [0.15, 0.2) is 40.0 Å². The van der Waals surface area contributed by atoms with E-state index in [4.69, 9.17) is 9.47 Å². The molecule has 0 spiro atoms. The summed E-state index contributed by atoms with van der Waals surface area (Å²) in [5.74, 6) is 0.913. The zero-order chi connectivity index (χ0) is 19.0. The largest absolute Gasteiger partial charge is 0.493 e. The Hall–Kier alpha value is -2.42. The quantitative estimate of drug-likeness (QED) is 0.563. The van der Waals surface area contributed by atoms with Crippen molar-refractivity contribution in [2.45, 2.75) is 19.3 Å². The molecule has 1 aromatic heterocycles. The predicted octanol–water partition coefficient (Wildman–Crippen LogP) is 3.56. The van der Waals surface area contributed by atoms with Gasteiger partial charge in [0.1, 0.15) is 0 Å². The first-order chi connectivity index (χ1) is 12.4. The number of ether oxygens (including phenoxy) is 2. The van der Waals surface area contributed by atoms with E-state index in [9.17, 15) is 13.2 Å². The fourth-order valence-electron chi connectivity index (χ4n) is 2.09. The molecule has 0 saturated heterocycles. The Morgan fingerprint density at radius 1 is 1.12 bits per heavy atom. The van der Waals surface area contributed by atoms with E-state index in [0.29, 0.717) is 19.0 Å². The Labute approximate surface area is 153 Å². The lowest BCUT2D eigenvalue weighted by molar-refractivity contribution is -0.153. The first kappa shape index (κ1) is 19.9. The van der Waals surface area contributed by atoms with Gasteiger partial charge in [-0.2, -0.15) is 24.5 Å². The van der Waals surface area contributed by atoms with Crippen molar-refractivity contribution in [3.8, 4) is 11.5 Å². The molecule has 2 aromatic rings. The monoisotopic (exact) mass is 387 g/mol. The van der Waals surface area contributed by atoms with Crippen LogP contribution in [0.2, 0.25) is 0 Å². The number of thiophene rings is 1. The fraction of sp³-hybridized carbons (Fsp3) is 0.353. The molecule has 0 unspecified atom stereocenters. The summed E-state index contributed by atoms with van der Waals surface area (Å²) >= 11 is 1.62. The van der Waals surface area contributed by atoms with Crippen LogP contribution in [-0.2, 0) is 13.1 Å². The molecule has 5 nitrogen and oxygen atoms in total. The summed E-state index contributed by atoms with van der Waals surface area (Å²) in [7, 11) is 3.05. The summed E-state index contributed by atoms with van der Waals surface area (Å²) in [4.78, 5) is 4.14. The molecule has 142 valence electrons. The van der Waals surface area contributed by atoms with Gasteiger partial charge in [0.25, 0.3) is 0 Å². The molecule has 2 N–H and O–H groups in total. The third kappa shape index (κ3) is 6.47. The van der Waals surface area contributed by atoms with Crippen molar-refractivity contribution in [2.24, 2.45) is 4.99 Å². The highest BCUT2D eigenvalue weighted by atomic mass is 32.1. The number of hydrogen-bond donors (Lipinski definition) is 2. The van der Waals surface area contributed by atoms with Crippen molar-refractivity contribution in [3.63, 3.8) is 0 Å². The molecule has 0 aliphatic heterocycles. The summed E-state index contributed by atoms with van der Waals surface area (Å²) in [6, 6.07) is 6.79. The number of benzene rings is 1. The van der Waals surface area contributed by atoms with Crippen LogP contribution in [0.4, 0.5) is 13.2 Å². The van der Waals surface area contributed by atoms with Crippen LogP contribution in [0.5, 0.6) is 11.5 Å². The third-order valence-electron chi connectivity index (χ3n) is 3.34. The smallest absolute Gasteiger partial charge is 0.422 e. The van der Waals surface area contributed by atoms with E-state index in [-0.39, 0.29) is 11.5 Å². The number of hydrogen-bond acceptors (Lipinski definition) is 4. The van der Waals surface area contributed by atoms with Gasteiger partial charge in [-0.05, 0) is 40.1 Å². The molecule has 0 saturated carbocycles.